The highest BCUT2D eigenvalue weighted by Crippen LogP contribution is 2.32. The lowest BCUT2D eigenvalue weighted by Crippen LogP contribution is -2.53. The fourth-order valence-corrected chi connectivity index (χ4v) is 2.33. The highest BCUT2D eigenvalue weighted by atomic mass is 16.5. The van der Waals surface area contributed by atoms with Gasteiger partial charge in [0.1, 0.15) is 0 Å². The van der Waals surface area contributed by atoms with E-state index >= 15 is 0 Å². The van der Waals surface area contributed by atoms with E-state index in [0.29, 0.717) is 11.8 Å². The maximum atomic E-state index is 6.43. The monoisotopic (exact) mass is 185 g/mol. The first-order valence-corrected chi connectivity index (χ1v) is 5.48. The van der Waals surface area contributed by atoms with Crippen LogP contribution in [0.1, 0.15) is 40.0 Å². The second kappa shape index (κ2) is 4.43. The van der Waals surface area contributed by atoms with Crippen LogP contribution in [-0.2, 0) is 4.74 Å². The summed E-state index contributed by atoms with van der Waals surface area (Å²) < 4.78 is 5.50. The van der Waals surface area contributed by atoms with Crippen LogP contribution in [0.25, 0.3) is 0 Å². The van der Waals surface area contributed by atoms with Crippen molar-refractivity contribution in [1.82, 2.24) is 0 Å². The molecule has 2 nitrogen and oxygen atoms in total. The number of rotatable bonds is 3. The second-order valence-corrected chi connectivity index (χ2v) is 4.53. The van der Waals surface area contributed by atoms with Gasteiger partial charge in [0, 0.05) is 18.1 Å². The summed E-state index contributed by atoms with van der Waals surface area (Å²) in [5, 5.41) is 0. The molecule has 2 N–H and O–H groups in total. The van der Waals surface area contributed by atoms with E-state index in [0.717, 1.165) is 19.6 Å². The molecule has 0 aromatic heterocycles. The Morgan fingerprint density at radius 3 is 2.62 bits per heavy atom. The molecule has 0 aliphatic carbocycles. The van der Waals surface area contributed by atoms with Crippen LogP contribution in [-0.4, -0.2) is 18.8 Å². The Bertz CT molecular complexity index is 152. The van der Waals surface area contributed by atoms with Crippen LogP contribution in [0.2, 0.25) is 0 Å². The van der Waals surface area contributed by atoms with Crippen molar-refractivity contribution < 1.29 is 4.74 Å². The first-order valence-electron chi connectivity index (χ1n) is 5.48. The van der Waals surface area contributed by atoms with Crippen LogP contribution in [0, 0.1) is 11.8 Å². The zero-order chi connectivity index (χ0) is 9.90. The topological polar surface area (TPSA) is 35.2 Å². The summed E-state index contributed by atoms with van der Waals surface area (Å²) in [6.45, 7) is 8.42. The summed E-state index contributed by atoms with van der Waals surface area (Å²) in [5.74, 6) is 1.11. The van der Waals surface area contributed by atoms with Crippen molar-refractivity contribution in [3.8, 4) is 0 Å². The van der Waals surface area contributed by atoms with Crippen molar-refractivity contribution in [2.24, 2.45) is 17.6 Å². The van der Waals surface area contributed by atoms with Gasteiger partial charge in [-0.2, -0.15) is 0 Å². The molecule has 1 saturated heterocycles. The average molecular weight is 185 g/mol. The summed E-state index contributed by atoms with van der Waals surface area (Å²) in [6, 6.07) is 0. The van der Waals surface area contributed by atoms with E-state index in [9.17, 15) is 0 Å². The summed E-state index contributed by atoms with van der Waals surface area (Å²) in [7, 11) is 0. The van der Waals surface area contributed by atoms with Gasteiger partial charge in [0.25, 0.3) is 0 Å². The van der Waals surface area contributed by atoms with E-state index in [4.69, 9.17) is 10.5 Å². The van der Waals surface area contributed by atoms with E-state index in [-0.39, 0.29) is 5.54 Å². The van der Waals surface area contributed by atoms with Crippen LogP contribution in [0.5, 0.6) is 0 Å². The van der Waals surface area contributed by atoms with Gasteiger partial charge in [-0.15, -0.1) is 0 Å². The molecule has 0 radical (unpaired) electrons. The van der Waals surface area contributed by atoms with E-state index in [1.807, 2.05) is 0 Å². The molecule has 1 rings (SSSR count). The number of ether oxygens (including phenoxy) is 1. The number of hydrogen-bond acceptors (Lipinski definition) is 2. The molecule has 13 heavy (non-hydrogen) atoms. The van der Waals surface area contributed by atoms with Crippen molar-refractivity contribution in [2.75, 3.05) is 13.2 Å². The molecule has 0 saturated carbocycles. The molecule has 0 spiro atoms. The lowest BCUT2D eigenvalue weighted by Gasteiger charge is -2.42. The molecule has 0 amide bonds. The third-order valence-electron chi connectivity index (χ3n) is 3.61. The van der Waals surface area contributed by atoms with Crippen molar-refractivity contribution in [2.45, 2.75) is 45.6 Å². The van der Waals surface area contributed by atoms with Gasteiger partial charge < -0.3 is 10.5 Å². The van der Waals surface area contributed by atoms with Crippen LogP contribution >= 0.6 is 0 Å². The number of hydrogen-bond donors (Lipinski definition) is 1. The van der Waals surface area contributed by atoms with Gasteiger partial charge in [0.15, 0.2) is 0 Å². The quantitative estimate of drug-likeness (QED) is 0.731. The Kier molecular flexibility index (Phi) is 3.74. The molecule has 2 atom stereocenters. The molecule has 0 aromatic rings. The Morgan fingerprint density at radius 1 is 1.54 bits per heavy atom. The van der Waals surface area contributed by atoms with Gasteiger partial charge in [-0.25, -0.2) is 0 Å². The third kappa shape index (κ3) is 2.23. The zero-order valence-corrected chi connectivity index (χ0v) is 9.18. The van der Waals surface area contributed by atoms with Gasteiger partial charge in [-0.1, -0.05) is 20.8 Å². The predicted octanol–water partition coefficient (Wildman–Crippen LogP) is 2.18. The van der Waals surface area contributed by atoms with Crippen molar-refractivity contribution in [3.63, 3.8) is 0 Å². The molecule has 1 heterocycles. The summed E-state index contributed by atoms with van der Waals surface area (Å²) in [4.78, 5) is 0. The van der Waals surface area contributed by atoms with Gasteiger partial charge >= 0.3 is 0 Å². The molecular weight excluding hydrogens is 162 g/mol. The first-order chi connectivity index (χ1) is 6.11. The highest BCUT2D eigenvalue weighted by molar-refractivity contribution is 4.93. The Balaban J connectivity index is 2.62. The maximum absolute atomic E-state index is 6.43. The predicted molar refractivity (Wildman–Crippen MR) is 55.6 cm³/mol. The minimum absolute atomic E-state index is 0.0135. The molecule has 2 heteroatoms. The first kappa shape index (κ1) is 11.0. The molecule has 2 unspecified atom stereocenters. The molecule has 1 aliphatic heterocycles. The van der Waals surface area contributed by atoms with Crippen LogP contribution in [0.15, 0.2) is 0 Å². The lowest BCUT2D eigenvalue weighted by atomic mass is 9.72. The lowest BCUT2D eigenvalue weighted by molar-refractivity contribution is 0.00676. The second-order valence-electron chi connectivity index (χ2n) is 4.53. The minimum Gasteiger partial charge on any atom is -0.381 e. The summed E-state index contributed by atoms with van der Waals surface area (Å²) in [6.07, 6.45) is 3.47. The SMILES string of the molecule is CCC(N)(C(C)C)C1CCCOC1. The Labute approximate surface area is 81.8 Å². The van der Waals surface area contributed by atoms with E-state index in [1.165, 1.54) is 12.8 Å². The average Bonchev–Trinajstić information content (AvgIpc) is 2.17. The van der Waals surface area contributed by atoms with Gasteiger partial charge in [-0.05, 0) is 25.2 Å². The smallest absolute Gasteiger partial charge is 0.0511 e. The fourth-order valence-electron chi connectivity index (χ4n) is 2.33. The molecular formula is C11H23NO. The summed E-state index contributed by atoms with van der Waals surface area (Å²) >= 11 is 0. The summed E-state index contributed by atoms with van der Waals surface area (Å²) in [5.41, 5.74) is 6.42. The third-order valence-corrected chi connectivity index (χ3v) is 3.61. The molecule has 1 fully saturated rings. The molecule has 0 aromatic carbocycles. The van der Waals surface area contributed by atoms with Crippen LogP contribution in [0.3, 0.4) is 0 Å². The van der Waals surface area contributed by atoms with E-state index in [2.05, 4.69) is 20.8 Å². The maximum Gasteiger partial charge on any atom is 0.0511 e. The molecule has 78 valence electrons. The van der Waals surface area contributed by atoms with Crippen molar-refractivity contribution in [1.29, 1.82) is 0 Å². The van der Waals surface area contributed by atoms with Gasteiger partial charge in [0.2, 0.25) is 0 Å². The van der Waals surface area contributed by atoms with E-state index in [1.54, 1.807) is 0 Å². The molecule has 1 aliphatic rings. The minimum atomic E-state index is -0.0135. The van der Waals surface area contributed by atoms with Crippen LogP contribution in [0.4, 0.5) is 0 Å². The molecule has 0 bridgehead atoms. The highest BCUT2D eigenvalue weighted by Gasteiger charge is 2.37. The van der Waals surface area contributed by atoms with Gasteiger partial charge in [0.05, 0.1) is 6.61 Å². The normalized spacial score (nSPS) is 28.8. The van der Waals surface area contributed by atoms with Crippen molar-refractivity contribution in [3.05, 3.63) is 0 Å². The number of nitrogens with two attached hydrogens (primary N) is 1. The van der Waals surface area contributed by atoms with Crippen LogP contribution < -0.4 is 5.73 Å². The standard InChI is InChI=1S/C11H23NO/c1-4-11(12,9(2)3)10-6-5-7-13-8-10/h9-10H,4-8,12H2,1-3H3. The van der Waals surface area contributed by atoms with E-state index < -0.39 is 0 Å². The fraction of sp³-hybridized carbons (Fsp3) is 1.00. The Hall–Kier alpha value is -0.0800. The largest absolute Gasteiger partial charge is 0.381 e. The Morgan fingerprint density at radius 2 is 2.23 bits per heavy atom. The van der Waals surface area contributed by atoms with Crippen molar-refractivity contribution >= 4 is 0 Å². The zero-order valence-electron chi connectivity index (χ0n) is 9.18. The van der Waals surface area contributed by atoms with Gasteiger partial charge in [-0.3, -0.25) is 0 Å².